The average molecular weight is 455 g/mol. The molecule has 2 heterocycles. The van der Waals surface area contributed by atoms with Crippen molar-refractivity contribution in [3.63, 3.8) is 0 Å². The molecule has 0 radical (unpaired) electrons. The summed E-state index contributed by atoms with van der Waals surface area (Å²) >= 11 is 0. The fourth-order valence-electron chi connectivity index (χ4n) is 3.49. The summed E-state index contributed by atoms with van der Waals surface area (Å²) in [5.74, 6) is -0.722. The lowest BCUT2D eigenvalue weighted by Crippen LogP contribution is -2.50. The second-order valence-electron chi connectivity index (χ2n) is 7.24. The van der Waals surface area contributed by atoms with Gasteiger partial charge in [-0.15, -0.1) is 0 Å². The average Bonchev–Trinajstić information content (AvgIpc) is 3.11. The summed E-state index contributed by atoms with van der Waals surface area (Å²) < 4.78 is 55.5. The molecule has 1 aromatic heterocycles. The zero-order valence-electron chi connectivity index (χ0n) is 17.0. The van der Waals surface area contributed by atoms with Crippen molar-refractivity contribution in [3.05, 3.63) is 47.8 Å². The molecule has 0 atom stereocenters. The number of aromatic nitrogens is 1. The van der Waals surface area contributed by atoms with Crippen molar-refractivity contribution in [1.82, 2.24) is 13.2 Å². The van der Waals surface area contributed by atoms with Crippen LogP contribution in [0.3, 0.4) is 0 Å². The number of piperazine rings is 1. The highest BCUT2D eigenvalue weighted by Crippen LogP contribution is 2.23. The molecule has 1 amide bonds. The first-order valence-corrected chi connectivity index (χ1v) is 12.5. The predicted molar refractivity (Wildman–Crippen MR) is 112 cm³/mol. The topological polar surface area (TPSA) is 123 Å². The van der Waals surface area contributed by atoms with Gasteiger partial charge in [0, 0.05) is 39.4 Å². The summed E-state index contributed by atoms with van der Waals surface area (Å²) in [4.78, 5) is 11.6. The van der Waals surface area contributed by atoms with Crippen molar-refractivity contribution in [2.45, 2.75) is 29.6 Å². The van der Waals surface area contributed by atoms with E-state index in [0.29, 0.717) is 0 Å². The lowest BCUT2D eigenvalue weighted by Gasteiger charge is -2.33. The molecule has 3 rings (SSSR count). The minimum atomic E-state index is -3.86. The van der Waals surface area contributed by atoms with Crippen molar-refractivity contribution in [2.75, 3.05) is 26.2 Å². The van der Waals surface area contributed by atoms with E-state index in [1.54, 1.807) is 12.1 Å². The van der Waals surface area contributed by atoms with E-state index in [1.807, 2.05) is 12.1 Å². The largest absolute Gasteiger partial charge is 0.364 e. The Morgan fingerprint density at radius 1 is 0.933 bits per heavy atom. The fourth-order valence-corrected chi connectivity index (χ4v) is 6.40. The number of hydrogen-bond acceptors (Lipinski definition) is 5. The van der Waals surface area contributed by atoms with Crippen molar-refractivity contribution in [3.8, 4) is 0 Å². The Morgan fingerprint density at radius 3 is 1.87 bits per heavy atom. The van der Waals surface area contributed by atoms with E-state index in [2.05, 4.69) is 6.92 Å². The number of hydrogen-bond donors (Lipinski definition) is 1. The zero-order valence-corrected chi connectivity index (χ0v) is 18.6. The monoisotopic (exact) mass is 454 g/mol. The maximum atomic E-state index is 12.9. The molecule has 0 saturated carbocycles. The van der Waals surface area contributed by atoms with Gasteiger partial charge in [0.1, 0.15) is 10.6 Å². The van der Waals surface area contributed by atoms with Crippen LogP contribution in [0.4, 0.5) is 0 Å². The van der Waals surface area contributed by atoms with Crippen molar-refractivity contribution in [2.24, 2.45) is 12.8 Å². The Morgan fingerprint density at radius 2 is 1.43 bits per heavy atom. The maximum Gasteiger partial charge on any atom is 0.265 e. The van der Waals surface area contributed by atoms with Crippen LogP contribution in [-0.4, -0.2) is 62.1 Å². The third kappa shape index (κ3) is 4.29. The first-order valence-electron chi connectivity index (χ1n) is 9.62. The highest BCUT2D eigenvalue weighted by atomic mass is 32.2. The number of nitrogens with zero attached hydrogens (tertiary/aromatic N) is 3. The van der Waals surface area contributed by atoms with Gasteiger partial charge in [0.15, 0.2) is 0 Å². The molecule has 0 spiro atoms. The standard InChI is InChI=1S/C19H26N4O5S2/c1-3-4-15-5-7-16(8-6-15)29(25,26)22-9-11-23(12-10-22)30(27,28)17-13-18(19(20)24)21(2)14-17/h5-8,13-14H,3-4,9-12H2,1-2H3,(H2,20,24). The SMILES string of the molecule is CCCc1ccc(S(=O)(=O)N2CCN(S(=O)(=O)c3cc(C(N)=O)n(C)c3)CC2)cc1. The number of carbonyl (C=O) groups is 1. The number of rotatable bonds is 7. The molecule has 1 aliphatic rings. The number of carbonyl (C=O) groups excluding carboxylic acids is 1. The molecule has 2 aromatic rings. The quantitative estimate of drug-likeness (QED) is 0.662. The highest BCUT2D eigenvalue weighted by Gasteiger charge is 2.34. The van der Waals surface area contributed by atoms with E-state index >= 15 is 0 Å². The number of sulfonamides is 2. The summed E-state index contributed by atoms with van der Waals surface area (Å²) in [6, 6.07) is 8.04. The Bertz CT molecular complexity index is 1130. The Labute approximate surface area is 177 Å². The lowest BCUT2D eigenvalue weighted by atomic mass is 10.1. The van der Waals surface area contributed by atoms with E-state index in [4.69, 9.17) is 5.73 Å². The smallest absolute Gasteiger partial charge is 0.265 e. The minimum Gasteiger partial charge on any atom is -0.364 e. The van der Waals surface area contributed by atoms with Crippen LogP contribution < -0.4 is 5.73 Å². The normalized spacial score (nSPS) is 16.6. The van der Waals surface area contributed by atoms with Crippen LogP contribution in [-0.2, 0) is 33.5 Å². The van der Waals surface area contributed by atoms with E-state index < -0.39 is 26.0 Å². The molecular weight excluding hydrogens is 428 g/mol. The molecule has 9 nitrogen and oxygen atoms in total. The van der Waals surface area contributed by atoms with Gasteiger partial charge in [-0.1, -0.05) is 25.5 Å². The molecule has 30 heavy (non-hydrogen) atoms. The van der Waals surface area contributed by atoms with E-state index in [0.717, 1.165) is 18.4 Å². The van der Waals surface area contributed by atoms with Crippen molar-refractivity contribution >= 4 is 26.0 Å². The van der Waals surface area contributed by atoms with Gasteiger partial charge in [-0.2, -0.15) is 8.61 Å². The Kier molecular flexibility index (Phi) is 6.37. The number of nitrogens with two attached hydrogens (primary N) is 1. The second-order valence-corrected chi connectivity index (χ2v) is 11.1. The molecule has 11 heteroatoms. The summed E-state index contributed by atoms with van der Waals surface area (Å²) in [7, 11) is -6.02. The number of primary amides is 1. The molecule has 164 valence electrons. The maximum absolute atomic E-state index is 12.9. The molecule has 0 unspecified atom stereocenters. The molecule has 0 bridgehead atoms. The van der Waals surface area contributed by atoms with Crippen LogP contribution in [0.1, 0.15) is 29.4 Å². The summed E-state index contributed by atoms with van der Waals surface area (Å²) in [5, 5.41) is 0. The van der Waals surface area contributed by atoms with Gasteiger partial charge in [-0.3, -0.25) is 4.79 Å². The van der Waals surface area contributed by atoms with Gasteiger partial charge in [0.05, 0.1) is 4.90 Å². The molecule has 1 aromatic carbocycles. The highest BCUT2D eigenvalue weighted by molar-refractivity contribution is 7.89. The summed E-state index contributed by atoms with van der Waals surface area (Å²) in [6.07, 6.45) is 3.19. The third-order valence-corrected chi connectivity index (χ3v) is 8.94. The van der Waals surface area contributed by atoms with Crippen molar-refractivity contribution in [1.29, 1.82) is 0 Å². The first-order chi connectivity index (χ1) is 14.1. The van der Waals surface area contributed by atoms with Gasteiger partial charge in [0.25, 0.3) is 5.91 Å². The Hall–Kier alpha value is -2.21. The molecule has 1 aliphatic heterocycles. The lowest BCUT2D eigenvalue weighted by molar-refractivity contribution is 0.0992. The van der Waals surface area contributed by atoms with Crippen LogP contribution in [0.2, 0.25) is 0 Å². The number of aryl methyl sites for hydroxylation is 2. The van der Waals surface area contributed by atoms with Gasteiger partial charge < -0.3 is 10.3 Å². The second kappa shape index (κ2) is 8.50. The minimum absolute atomic E-state index is 0.0241. The number of benzene rings is 1. The van der Waals surface area contributed by atoms with Gasteiger partial charge in [-0.05, 0) is 30.2 Å². The van der Waals surface area contributed by atoms with Crippen LogP contribution in [0.25, 0.3) is 0 Å². The molecular formula is C19H26N4O5S2. The first kappa shape index (κ1) is 22.5. The molecule has 0 aliphatic carbocycles. The van der Waals surface area contributed by atoms with E-state index in [1.165, 1.54) is 32.5 Å². The van der Waals surface area contributed by atoms with Crippen LogP contribution in [0.15, 0.2) is 46.3 Å². The fraction of sp³-hybridized carbons (Fsp3) is 0.421. The number of amides is 1. The van der Waals surface area contributed by atoms with E-state index in [-0.39, 0.29) is 41.7 Å². The van der Waals surface area contributed by atoms with Crippen molar-refractivity contribution < 1.29 is 21.6 Å². The van der Waals surface area contributed by atoms with Gasteiger partial charge >= 0.3 is 0 Å². The third-order valence-electron chi connectivity index (χ3n) is 5.17. The van der Waals surface area contributed by atoms with Crippen LogP contribution >= 0.6 is 0 Å². The van der Waals surface area contributed by atoms with Gasteiger partial charge in [-0.25, -0.2) is 16.8 Å². The summed E-state index contributed by atoms with van der Waals surface area (Å²) in [6.45, 7) is 2.20. The summed E-state index contributed by atoms with van der Waals surface area (Å²) in [5.41, 5.74) is 6.41. The van der Waals surface area contributed by atoms with Gasteiger partial charge in [0.2, 0.25) is 20.0 Å². The van der Waals surface area contributed by atoms with Crippen LogP contribution in [0, 0.1) is 0 Å². The van der Waals surface area contributed by atoms with E-state index in [9.17, 15) is 21.6 Å². The zero-order chi connectivity index (χ0) is 22.1. The predicted octanol–water partition coefficient (Wildman–Crippen LogP) is 0.772. The Balaban J connectivity index is 1.73. The molecule has 2 N–H and O–H groups in total. The van der Waals surface area contributed by atoms with Crippen LogP contribution in [0.5, 0.6) is 0 Å². The molecule has 1 fully saturated rings. The molecule has 1 saturated heterocycles.